The van der Waals surface area contributed by atoms with Crippen molar-refractivity contribution in [1.82, 2.24) is 9.88 Å². The summed E-state index contributed by atoms with van der Waals surface area (Å²) in [5.41, 5.74) is 0.631. The highest BCUT2D eigenvalue weighted by Gasteiger charge is 2.38. The van der Waals surface area contributed by atoms with E-state index in [1.165, 1.54) is 6.92 Å². The van der Waals surface area contributed by atoms with Gasteiger partial charge in [-0.15, -0.1) is 0 Å². The normalized spacial score (nSPS) is 19.0. The predicted molar refractivity (Wildman–Crippen MR) is 76.3 cm³/mol. The molecule has 1 aromatic rings. The van der Waals surface area contributed by atoms with Crippen LogP contribution < -0.4 is 0 Å². The maximum Gasteiger partial charge on any atom is 0.326 e. The summed E-state index contributed by atoms with van der Waals surface area (Å²) < 4.78 is 0.252. The molecule has 7 heteroatoms. The molecule has 0 spiro atoms. The molecule has 19 heavy (non-hydrogen) atoms. The molecule has 98 valence electrons. The summed E-state index contributed by atoms with van der Waals surface area (Å²) >= 11 is 6.14. The number of nitrogens with zero attached hydrogens (tertiary/aromatic N) is 2. The molecule has 1 saturated heterocycles. The predicted octanol–water partition coefficient (Wildman–Crippen LogP) is 1.76. The lowest BCUT2D eigenvalue weighted by atomic mass is 10.2. The van der Waals surface area contributed by atoms with Crippen molar-refractivity contribution in [1.29, 1.82) is 0 Å². The van der Waals surface area contributed by atoms with Crippen molar-refractivity contribution in [3.8, 4) is 0 Å². The van der Waals surface area contributed by atoms with Gasteiger partial charge in [0, 0.05) is 6.20 Å². The van der Waals surface area contributed by atoms with Crippen LogP contribution >= 0.6 is 24.0 Å². The number of rotatable bonds is 3. The number of hydrogen-bond acceptors (Lipinski definition) is 5. The fourth-order valence-electron chi connectivity index (χ4n) is 1.52. The van der Waals surface area contributed by atoms with E-state index in [-0.39, 0.29) is 4.32 Å². The molecule has 1 N–H and O–H groups in total. The Balaban J connectivity index is 2.28. The summed E-state index contributed by atoms with van der Waals surface area (Å²) in [5, 5.41) is 8.96. The molecule has 0 radical (unpaired) electrons. The van der Waals surface area contributed by atoms with Crippen LogP contribution in [0.4, 0.5) is 0 Å². The fraction of sp³-hybridized carbons (Fsp3) is 0.167. The smallest absolute Gasteiger partial charge is 0.326 e. The van der Waals surface area contributed by atoms with Crippen molar-refractivity contribution in [3.63, 3.8) is 0 Å². The van der Waals surface area contributed by atoms with Crippen molar-refractivity contribution in [2.75, 3.05) is 0 Å². The van der Waals surface area contributed by atoms with Crippen LogP contribution in [0.2, 0.25) is 0 Å². The van der Waals surface area contributed by atoms with Crippen LogP contribution in [0.15, 0.2) is 29.3 Å². The number of aliphatic carboxylic acids is 1. The lowest BCUT2D eigenvalue weighted by Gasteiger charge is -2.18. The van der Waals surface area contributed by atoms with E-state index >= 15 is 0 Å². The highest BCUT2D eigenvalue weighted by Crippen LogP contribution is 2.33. The number of amides is 1. The molecule has 1 amide bonds. The molecule has 2 rings (SSSR count). The Morgan fingerprint density at radius 2 is 2.32 bits per heavy atom. The first-order valence-electron chi connectivity index (χ1n) is 5.41. The summed E-state index contributed by atoms with van der Waals surface area (Å²) in [4.78, 5) is 28.7. The third kappa shape index (κ3) is 2.82. The number of thiocarbonyl (C=S) groups is 1. The number of carboxylic acids is 1. The van der Waals surface area contributed by atoms with Crippen LogP contribution in [0.1, 0.15) is 12.6 Å². The third-order valence-corrected chi connectivity index (χ3v) is 3.87. The van der Waals surface area contributed by atoms with Gasteiger partial charge in [0.1, 0.15) is 10.4 Å². The summed E-state index contributed by atoms with van der Waals surface area (Å²) in [7, 11) is 0. The quantitative estimate of drug-likeness (QED) is 0.676. The molecular formula is C12H10N2O3S2. The van der Waals surface area contributed by atoms with Gasteiger partial charge in [0.15, 0.2) is 0 Å². The van der Waals surface area contributed by atoms with Crippen molar-refractivity contribution in [3.05, 3.63) is 35.0 Å². The standard InChI is InChI=1S/C12H10N2O3S2/c1-7(11(16)17)14-10(15)9(19-12(14)18)6-8-4-2-3-5-13-8/h2-7H,1H3,(H,16,17)/b9-6+/t7-/m0/s1. The highest BCUT2D eigenvalue weighted by molar-refractivity contribution is 8.26. The van der Waals surface area contributed by atoms with E-state index in [2.05, 4.69) is 4.98 Å². The first-order valence-corrected chi connectivity index (χ1v) is 6.64. The molecule has 0 bridgehead atoms. The molecule has 0 unspecified atom stereocenters. The number of carboxylic acid groups (broad SMARTS) is 1. The Morgan fingerprint density at radius 1 is 1.58 bits per heavy atom. The average Bonchev–Trinajstić information content (AvgIpc) is 2.65. The molecule has 0 aliphatic carbocycles. The largest absolute Gasteiger partial charge is 0.480 e. The van der Waals surface area contributed by atoms with Crippen molar-refractivity contribution in [2.24, 2.45) is 0 Å². The van der Waals surface area contributed by atoms with Crippen molar-refractivity contribution < 1.29 is 14.7 Å². The van der Waals surface area contributed by atoms with Crippen LogP contribution in [0, 0.1) is 0 Å². The van der Waals surface area contributed by atoms with Gasteiger partial charge in [-0.2, -0.15) is 0 Å². The van der Waals surface area contributed by atoms with E-state index < -0.39 is 17.9 Å². The van der Waals surface area contributed by atoms with Crippen LogP contribution in [-0.4, -0.2) is 37.2 Å². The second-order valence-electron chi connectivity index (χ2n) is 3.82. The monoisotopic (exact) mass is 294 g/mol. The number of pyridine rings is 1. The second kappa shape index (κ2) is 5.50. The topological polar surface area (TPSA) is 70.5 Å². The van der Waals surface area contributed by atoms with E-state index in [4.69, 9.17) is 17.3 Å². The molecule has 5 nitrogen and oxygen atoms in total. The number of carbonyl (C=O) groups excluding carboxylic acids is 1. The Kier molecular flexibility index (Phi) is 3.96. The molecule has 1 fully saturated rings. The summed E-state index contributed by atoms with van der Waals surface area (Å²) in [6, 6.07) is 4.36. The van der Waals surface area contributed by atoms with Gasteiger partial charge in [-0.25, -0.2) is 4.79 Å². The number of carbonyl (C=O) groups is 2. The number of aromatic nitrogens is 1. The highest BCUT2D eigenvalue weighted by atomic mass is 32.2. The molecule has 0 aromatic carbocycles. The Bertz CT molecular complexity index is 572. The van der Waals surface area contributed by atoms with Gasteiger partial charge in [-0.1, -0.05) is 30.0 Å². The molecule has 1 atom stereocenters. The zero-order valence-electron chi connectivity index (χ0n) is 9.94. The Hall–Kier alpha value is -1.73. The van der Waals surface area contributed by atoms with Gasteiger partial charge < -0.3 is 5.11 Å². The van der Waals surface area contributed by atoms with Gasteiger partial charge in [-0.3, -0.25) is 14.7 Å². The first-order chi connectivity index (χ1) is 9.00. The Labute approximate surface area is 119 Å². The van der Waals surface area contributed by atoms with Gasteiger partial charge in [0.25, 0.3) is 5.91 Å². The zero-order valence-corrected chi connectivity index (χ0v) is 11.6. The Morgan fingerprint density at radius 3 is 2.89 bits per heavy atom. The minimum atomic E-state index is -1.09. The van der Waals surface area contributed by atoms with E-state index in [1.807, 2.05) is 0 Å². The summed E-state index contributed by atoms with van der Waals surface area (Å²) in [6.07, 6.45) is 3.22. The van der Waals surface area contributed by atoms with Crippen molar-refractivity contribution in [2.45, 2.75) is 13.0 Å². The van der Waals surface area contributed by atoms with Crippen LogP contribution in [0.25, 0.3) is 6.08 Å². The minimum absolute atomic E-state index is 0.252. The van der Waals surface area contributed by atoms with E-state index in [1.54, 1.807) is 30.5 Å². The molecular weight excluding hydrogens is 284 g/mol. The van der Waals surface area contributed by atoms with Crippen LogP contribution in [0.5, 0.6) is 0 Å². The molecule has 1 aliphatic rings. The van der Waals surface area contributed by atoms with Gasteiger partial charge in [0.2, 0.25) is 0 Å². The average molecular weight is 294 g/mol. The molecule has 2 heterocycles. The lowest BCUT2D eigenvalue weighted by Crippen LogP contribution is -2.41. The maximum absolute atomic E-state index is 12.1. The maximum atomic E-state index is 12.1. The molecule has 1 aromatic heterocycles. The number of hydrogen-bond donors (Lipinski definition) is 1. The minimum Gasteiger partial charge on any atom is -0.480 e. The zero-order chi connectivity index (χ0) is 14.0. The lowest BCUT2D eigenvalue weighted by molar-refractivity contribution is -0.144. The van der Waals surface area contributed by atoms with Crippen LogP contribution in [0.3, 0.4) is 0 Å². The fourth-order valence-corrected chi connectivity index (χ4v) is 2.92. The van der Waals surface area contributed by atoms with Gasteiger partial charge in [-0.05, 0) is 25.1 Å². The second-order valence-corrected chi connectivity index (χ2v) is 5.50. The van der Waals surface area contributed by atoms with E-state index in [9.17, 15) is 9.59 Å². The van der Waals surface area contributed by atoms with E-state index in [0.717, 1.165) is 16.7 Å². The van der Waals surface area contributed by atoms with Crippen molar-refractivity contribution >= 4 is 46.3 Å². The number of thioether (sulfide) groups is 1. The SMILES string of the molecule is C[C@@H](C(=O)O)N1C(=O)/C(=C\c2ccccn2)SC1=S. The van der Waals surface area contributed by atoms with Gasteiger partial charge in [0.05, 0.1) is 10.6 Å². The first kappa shape index (κ1) is 13.7. The molecule has 0 saturated carbocycles. The van der Waals surface area contributed by atoms with Crippen LogP contribution in [-0.2, 0) is 9.59 Å². The molecule has 1 aliphatic heterocycles. The van der Waals surface area contributed by atoms with Gasteiger partial charge >= 0.3 is 5.97 Å². The third-order valence-electron chi connectivity index (χ3n) is 2.53. The summed E-state index contributed by atoms with van der Waals surface area (Å²) in [6.45, 7) is 1.43. The summed E-state index contributed by atoms with van der Waals surface area (Å²) in [5.74, 6) is -1.48. The van der Waals surface area contributed by atoms with E-state index in [0.29, 0.717) is 10.6 Å².